The van der Waals surface area contributed by atoms with Crippen molar-refractivity contribution in [1.29, 1.82) is 0 Å². The van der Waals surface area contributed by atoms with Crippen molar-refractivity contribution in [3.63, 3.8) is 0 Å². The summed E-state index contributed by atoms with van der Waals surface area (Å²) in [5, 5.41) is 10.9. The van der Waals surface area contributed by atoms with Gasteiger partial charge in [0, 0.05) is 11.9 Å². The lowest BCUT2D eigenvalue weighted by Crippen LogP contribution is -2.27. The molecule has 80 valence electrons. The number of halogens is 2. The molecule has 1 fully saturated rings. The number of hydrogen-bond acceptors (Lipinski definition) is 2. The molecule has 0 heterocycles. The van der Waals surface area contributed by atoms with Crippen molar-refractivity contribution in [2.24, 2.45) is 17.3 Å². The minimum atomic E-state index is -0.996. The molecule has 14 heavy (non-hydrogen) atoms. The Hall–Kier alpha value is -0.210. The number of carbonyl (C=O) groups is 1. The Bertz CT molecular complexity index is 265. The summed E-state index contributed by atoms with van der Waals surface area (Å²) in [7, 11) is 0. The van der Waals surface area contributed by atoms with Gasteiger partial charge in [0.05, 0.1) is 0 Å². The third kappa shape index (κ3) is 1.78. The van der Waals surface area contributed by atoms with Gasteiger partial charge in [0.15, 0.2) is 0 Å². The maximum absolute atomic E-state index is 10.9. The lowest BCUT2D eigenvalue weighted by Gasteiger charge is -2.12. The molecule has 0 aromatic carbocycles. The first kappa shape index (κ1) is 11.9. The number of rotatable bonds is 4. The predicted molar refractivity (Wildman–Crippen MR) is 54.8 cm³/mol. The number of hydrogen-bond donors (Lipinski definition) is 0. The van der Waals surface area contributed by atoms with E-state index < -0.39 is 11.9 Å². The van der Waals surface area contributed by atoms with Crippen LogP contribution in [0.5, 0.6) is 0 Å². The molecule has 0 N–H and O–H groups in total. The molecule has 0 bridgehead atoms. The third-order valence-electron chi connectivity index (χ3n) is 3.41. The van der Waals surface area contributed by atoms with E-state index in [9.17, 15) is 9.90 Å². The number of allylic oxidation sites excluding steroid dienone is 1. The number of carboxylic acids is 1. The van der Waals surface area contributed by atoms with Crippen LogP contribution in [0.2, 0.25) is 0 Å². The van der Waals surface area contributed by atoms with E-state index in [1.165, 1.54) is 0 Å². The van der Waals surface area contributed by atoms with E-state index in [-0.39, 0.29) is 15.8 Å². The fourth-order valence-electron chi connectivity index (χ4n) is 2.46. The molecule has 1 saturated carbocycles. The zero-order valence-electron chi connectivity index (χ0n) is 8.22. The van der Waals surface area contributed by atoms with Crippen LogP contribution in [0.4, 0.5) is 0 Å². The Kier molecular flexibility index (Phi) is 3.49. The number of aliphatic carboxylic acids is 1. The summed E-state index contributed by atoms with van der Waals surface area (Å²) in [4.78, 5) is 10.9. The van der Waals surface area contributed by atoms with Gasteiger partial charge < -0.3 is 9.90 Å². The molecule has 0 aromatic heterocycles. The zero-order valence-corrected chi connectivity index (χ0v) is 9.73. The Balaban J connectivity index is 2.87. The van der Waals surface area contributed by atoms with Gasteiger partial charge in [-0.15, -0.1) is 0 Å². The summed E-state index contributed by atoms with van der Waals surface area (Å²) < 4.78 is 0.144. The van der Waals surface area contributed by atoms with Crippen molar-refractivity contribution >= 4 is 29.2 Å². The van der Waals surface area contributed by atoms with Gasteiger partial charge in [0.25, 0.3) is 0 Å². The van der Waals surface area contributed by atoms with Crippen molar-refractivity contribution in [2.45, 2.75) is 26.7 Å². The average molecular weight is 236 g/mol. The minimum absolute atomic E-state index is 0.0625. The molecule has 4 heteroatoms. The lowest BCUT2D eigenvalue weighted by molar-refractivity contribution is -0.309. The fraction of sp³-hybridized carbons (Fsp3) is 0.700. The van der Waals surface area contributed by atoms with E-state index >= 15 is 0 Å². The molecule has 2 unspecified atom stereocenters. The number of carboxylic acid groups (broad SMARTS) is 1. The highest BCUT2D eigenvalue weighted by molar-refractivity contribution is 6.55. The van der Waals surface area contributed by atoms with Crippen LogP contribution in [-0.2, 0) is 4.79 Å². The van der Waals surface area contributed by atoms with E-state index in [0.29, 0.717) is 0 Å². The van der Waals surface area contributed by atoms with Crippen molar-refractivity contribution in [2.75, 3.05) is 0 Å². The molecule has 0 spiro atoms. The van der Waals surface area contributed by atoms with Crippen LogP contribution in [0, 0.1) is 17.3 Å². The van der Waals surface area contributed by atoms with E-state index in [1.54, 1.807) is 6.08 Å². The van der Waals surface area contributed by atoms with Crippen LogP contribution in [0.25, 0.3) is 0 Å². The second-order valence-corrected chi connectivity index (χ2v) is 4.73. The smallest absolute Gasteiger partial charge is 0.103 e. The first-order valence-corrected chi connectivity index (χ1v) is 5.48. The SMILES string of the molecule is CCC1(CC)C(C=C(Cl)Cl)C1C(=O)[O-]. The summed E-state index contributed by atoms with van der Waals surface area (Å²) in [6.07, 6.45) is 3.24. The zero-order chi connectivity index (χ0) is 10.9. The summed E-state index contributed by atoms with van der Waals surface area (Å²) in [5.74, 6) is -1.48. The van der Waals surface area contributed by atoms with Crippen LogP contribution in [0.3, 0.4) is 0 Å². The Morgan fingerprint density at radius 2 is 1.93 bits per heavy atom. The molecule has 1 aliphatic rings. The van der Waals surface area contributed by atoms with Gasteiger partial charge in [-0.25, -0.2) is 0 Å². The third-order valence-corrected chi connectivity index (χ3v) is 3.66. The Labute approximate surface area is 93.9 Å². The standard InChI is InChI=1S/C10H14Cl2O2/c1-3-10(4-2)6(5-7(11)12)8(10)9(13)14/h5-6,8H,3-4H2,1-2H3,(H,13,14)/p-1. The van der Waals surface area contributed by atoms with E-state index in [1.807, 2.05) is 13.8 Å². The van der Waals surface area contributed by atoms with Gasteiger partial charge in [-0.2, -0.15) is 0 Å². The molecule has 0 radical (unpaired) electrons. The van der Waals surface area contributed by atoms with Gasteiger partial charge in [0.1, 0.15) is 4.49 Å². The van der Waals surface area contributed by atoms with Gasteiger partial charge in [-0.1, -0.05) is 37.0 Å². The van der Waals surface area contributed by atoms with Gasteiger partial charge >= 0.3 is 0 Å². The van der Waals surface area contributed by atoms with Crippen LogP contribution in [0.15, 0.2) is 10.6 Å². The number of carbonyl (C=O) groups excluding carboxylic acids is 1. The molecule has 0 aliphatic heterocycles. The molecule has 1 rings (SSSR count). The monoisotopic (exact) mass is 235 g/mol. The highest BCUT2D eigenvalue weighted by Crippen LogP contribution is 2.64. The molecule has 0 saturated heterocycles. The van der Waals surface area contributed by atoms with Crippen molar-refractivity contribution in [3.8, 4) is 0 Å². The first-order chi connectivity index (χ1) is 6.49. The fourth-order valence-corrected chi connectivity index (χ4v) is 2.74. The van der Waals surface area contributed by atoms with Crippen LogP contribution < -0.4 is 5.11 Å². The van der Waals surface area contributed by atoms with E-state index in [2.05, 4.69) is 0 Å². The van der Waals surface area contributed by atoms with E-state index in [4.69, 9.17) is 23.2 Å². The second-order valence-electron chi connectivity index (χ2n) is 3.72. The quantitative estimate of drug-likeness (QED) is 0.749. The highest BCUT2D eigenvalue weighted by Gasteiger charge is 2.61. The minimum Gasteiger partial charge on any atom is -0.550 e. The lowest BCUT2D eigenvalue weighted by atomic mass is 9.95. The van der Waals surface area contributed by atoms with Gasteiger partial charge in [-0.05, 0) is 30.3 Å². The van der Waals surface area contributed by atoms with Crippen LogP contribution in [0.1, 0.15) is 26.7 Å². The summed E-state index contributed by atoms with van der Waals surface area (Å²) >= 11 is 11.1. The largest absolute Gasteiger partial charge is 0.550 e. The molecule has 2 atom stereocenters. The molecular formula is C10H13Cl2O2-. The molecule has 0 aromatic rings. The van der Waals surface area contributed by atoms with Crippen LogP contribution >= 0.6 is 23.2 Å². The van der Waals surface area contributed by atoms with Crippen molar-refractivity contribution < 1.29 is 9.90 Å². The molecule has 0 amide bonds. The Morgan fingerprint density at radius 1 is 1.43 bits per heavy atom. The van der Waals surface area contributed by atoms with Crippen LogP contribution in [-0.4, -0.2) is 5.97 Å². The summed E-state index contributed by atoms with van der Waals surface area (Å²) in [6.45, 7) is 3.96. The first-order valence-electron chi connectivity index (χ1n) is 4.73. The van der Waals surface area contributed by atoms with Crippen molar-refractivity contribution in [1.82, 2.24) is 0 Å². The normalized spacial score (nSPS) is 28.3. The maximum atomic E-state index is 10.9. The molecular weight excluding hydrogens is 223 g/mol. The predicted octanol–water partition coefficient (Wildman–Crippen LogP) is 2.11. The summed E-state index contributed by atoms with van der Waals surface area (Å²) in [6, 6.07) is 0. The Morgan fingerprint density at radius 3 is 2.14 bits per heavy atom. The molecule has 1 aliphatic carbocycles. The second kappa shape index (κ2) is 4.11. The summed E-state index contributed by atoms with van der Waals surface area (Å²) in [5.41, 5.74) is -0.187. The average Bonchev–Trinajstić information content (AvgIpc) is 2.72. The van der Waals surface area contributed by atoms with Gasteiger partial charge in [0.2, 0.25) is 0 Å². The van der Waals surface area contributed by atoms with Gasteiger partial charge in [-0.3, -0.25) is 0 Å². The van der Waals surface area contributed by atoms with E-state index in [0.717, 1.165) is 12.8 Å². The maximum Gasteiger partial charge on any atom is 0.103 e. The van der Waals surface area contributed by atoms with Crippen molar-refractivity contribution in [3.05, 3.63) is 10.6 Å². The topological polar surface area (TPSA) is 40.1 Å². The highest BCUT2D eigenvalue weighted by atomic mass is 35.5. The molecule has 2 nitrogen and oxygen atoms in total.